The molecule has 0 saturated carbocycles. The number of sulfone groups is 1. The number of carbonyl (C=O) groups is 3. The average molecular weight is 567 g/mol. The molecule has 2 heterocycles. The van der Waals surface area contributed by atoms with Crippen LogP contribution in [0.5, 0.6) is 0 Å². The largest absolute Gasteiger partial charge is 0.480 e. The summed E-state index contributed by atoms with van der Waals surface area (Å²) in [5.41, 5.74) is 6.50. The molecule has 2 amide bonds. The lowest BCUT2D eigenvalue weighted by Crippen LogP contribution is -2.53. The number of aliphatic carboxylic acids is 1. The molecule has 14 nitrogen and oxygen atoms in total. The molecule has 0 saturated heterocycles. The second-order valence-corrected chi connectivity index (χ2v) is 11.6. The van der Waals surface area contributed by atoms with E-state index in [1.807, 2.05) is 0 Å². The van der Waals surface area contributed by atoms with Crippen LogP contribution < -0.4 is 16.4 Å². The number of unbranched alkanes of at least 4 members (excludes halogenated alkanes) is 3. The van der Waals surface area contributed by atoms with Gasteiger partial charge in [-0.3, -0.25) is 14.3 Å². The molecule has 216 valence electrons. The molecular formula is C24H38N8O6S. The van der Waals surface area contributed by atoms with Crippen LogP contribution in [0.15, 0.2) is 23.7 Å². The molecule has 2 rings (SSSR count). The summed E-state index contributed by atoms with van der Waals surface area (Å²) in [7, 11) is -3.48. The molecule has 0 unspecified atom stereocenters. The molecule has 2 atom stereocenters. The number of nitrogens with zero attached hydrogens (tertiary/aromatic N) is 5. The Morgan fingerprint density at radius 2 is 1.74 bits per heavy atom. The molecule has 0 aliphatic heterocycles. The van der Waals surface area contributed by atoms with Crippen LogP contribution in [0.25, 0.3) is 11.3 Å². The Morgan fingerprint density at radius 3 is 2.33 bits per heavy atom. The minimum Gasteiger partial charge on any atom is -0.480 e. The van der Waals surface area contributed by atoms with E-state index in [1.165, 1.54) is 12.4 Å². The van der Waals surface area contributed by atoms with E-state index in [9.17, 15) is 27.9 Å². The molecule has 15 heteroatoms. The summed E-state index contributed by atoms with van der Waals surface area (Å²) in [5, 5.41) is 22.5. The molecule has 0 bridgehead atoms. The van der Waals surface area contributed by atoms with Gasteiger partial charge in [0, 0.05) is 37.2 Å². The first kappa shape index (κ1) is 31.8. The lowest BCUT2D eigenvalue weighted by molar-refractivity contribution is -0.142. The molecular weight excluding hydrogens is 528 g/mol. The molecule has 0 fully saturated rings. The summed E-state index contributed by atoms with van der Waals surface area (Å²) in [6.45, 7) is 4.58. The normalized spacial score (nSPS) is 13.2. The number of amides is 2. The quantitative estimate of drug-likeness (QED) is 0.153. The van der Waals surface area contributed by atoms with Gasteiger partial charge in [-0.25, -0.2) is 23.2 Å². The number of nitrogens with two attached hydrogens (primary N) is 1. The van der Waals surface area contributed by atoms with E-state index < -0.39 is 33.8 Å². The zero-order valence-electron chi connectivity index (χ0n) is 22.5. The molecule has 0 aliphatic rings. The average Bonchev–Trinajstić information content (AvgIpc) is 3.34. The summed E-state index contributed by atoms with van der Waals surface area (Å²) in [6, 6.07) is -1.86. The number of nitrogens with one attached hydrogen (secondary N) is 2. The Hall–Kier alpha value is -3.46. The first-order chi connectivity index (χ1) is 18.4. The van der Waals surface area contributed by atoms with Crippen LogP contribution in [0.2, 0.25) is 0 Å². The van der Waals surface area contributed by atoms with Gasteiger partial charge in [0.2, 0.25) is 26.8 Å². The summed E-state index contributed by atoms with van der Waals surface area (Å²) in [6.07, 6.45) is 9.30. The second-order valence-electron chi connectivity index (χ2n) is 9.68. The summed E-state index contributed by atoms with van der Waals surface area (Å²) < 4.78 is 24.6. The van der Waals surface area contributed by atoms with Crippen LogP contribution >= 0.6 is 0 Å². The number of hydrogen-bond acceptors (Lipinski definition) is 10. The maximum atomic E-state index is 12.7. The number of hydrogen-bond donors (Lipinski definition) is 4. The van der Waals surface area contributed by atoms with E-state index >= 15 is 0 Å². The predicted octanol–water partition coefficient (Wildman–Crippen LogP) is 0.538. The third-order valence-corrected chi connectivity index (χ3v) is 6.79. The van der Waals surface area contributed by atoms with Gasteiger partial charge in [-0.05, 0) is 44.6 Å². The number of aromatic nitrogens is 5. The first-order valence-corrected chi connectivity index (χ1v) is 14.8. The fraction of sp³-hybridized carbons (Fsp3) is 0.625. The van der Waals surface area contributed by atoms with Crippen molar-refractivity contribution in [1.29, 1.82) is 0 Å². The topological polar surface area (TPSA) is 212 Å². The van der Waals surface area contributed by atoms with Gasteiger partial charge in [0.05, 0.1) is 6.20 Å². The van der Waals surface area contributed by atoms with Crippen LogP contribution in [0.3, 0.4) is 0 Å². The molecule has 0 spiro atoms. The Balaban J connectivity index is 1.77. The maximum Gasteiger partial charge on any atom is 0.326 e. The van der Waals surface area contributed by atoms with Crippen molar-refractivity contribution in [3.63, 3.8) is 0 Å². The highest BCUT2D eigenvalue weighted by Gasteiger charge is 2.28. The molecule has 0 radical (unpaired) electrons. The monoisotopic (exact) mass is 566 g/mol. The highest BCUT2D eigenvalue weighted by molar-refractivity contribution is 7.90. The van der Waals surface area contributed by atoms with E-state index in [1.54, 1.807) is 24.7 Å². The van der Waals surface area contributed by atoms with Gasteiger partial charge in [-0.2, -0.15) is 0 Å². The summed E-state index contributed by atoms with van der Waals surface area (Å²) in [5.74, 6) is -2.13. The number of rotatable bonds is 17. The smallest absolute Gasteiger partial charge is 0.326 e. The Kier molecular flexibility index (Phi) is 12.4. The number of carboxylic acids is 1. The van der Waals surface area contributed by atoms with E-state index in [0.717, 1.165) is 19.1 Å². The predicted molar refractivity (Wildman–Crippen MR) is 142 cm³/mol. The van der Waals surface area contributed by atoms with Gasteiger partial charge < -0.3 is 21.5 Å². The zero-order chi connectivity index (χ0) is 29.0. The first-order valence-electron chi connectivity index (χ1n) is 12.9. The van der Waals surface area contributed by atoms with Crippen molar-refractivity contribution in [2.45, 2.75) is 82.6 Å². The summed E-state index contributed by atoms with van der Waals surface area (Å²) >= 11 is 0. The number of carbonyl (C=O) groups excluding carboxylic acids is 2. The summed E-state index contributed by atoms with van der Waals surface area (Å²) in [4.78, 5) is 44.4. The van der Waals surface area contributed by atoms with E-state index in [0.29, 0.717) is 43.6 Å². The van der Waals surface area contributed by atoms with E-state index in [-0.39, 0.29) is 29.8 Å². The van der Waals surface area contributed by atoms with Crippen LogP contribution in [0, 0.1) is 5.92 Å². The fourth-order valence-corrected chi connectivity index (χ4v) is 4.20. The molecule has 39 heavy (non-hydrogen) atoms. The van der Waals surface area contributed by atoms with Gasteiger partial charge >= 0.3 is 5.97 Å². The van der Waals surface area contributed by atoms with Crippen molar-refractivity contribution >= 4 is 27.6 Å². The number of aryl methyl sites for hydroxylation is 1. The molecule has 0 aromatic carbocycles. The minimum atomic E-state index is -3.48. The molecule has 2 aromatic rings. The van der Waals surface area contributed by atoms with Crippen LogP contribution in [-0.4, -0.2) is 81.2 Å². The maximum absolute atomic E-state index is 12.7. The van der Waals surface area contributed by atoms with Crippen molar-refractivity contribution in [2.24, 2.45) is 11.7 Å². The van der Waals surface area contributed by atoms with Crippen molar-refractivity contribution in [1.82, 2.24) is 35.6 Å². The minimum absolute atomic E-state index is 0.220. The highest BCUT2D eigenvalue weighted by Crippen LogP contribution is 2.15. The highest BCUT2D eigenvalue weighted by atomic mass is 32.2. The SMILES string of the molecule is CC(C)[C@H](NC(=O)CCCCCn1cc(-c2cnc(S(C)(=O)=O)nc2)nn1)C(=O)N[C@@H](CCCCN)C(=O)O. The van der Waals surface area contributed by atoms with Gasteiger partial charge in [0.25, 0.3) is 0 Å². The van der Waals surface area contributed by atoms with Gasteiger partial charge in [-0.1, -0.05) is 25.5 Å². The fourth-order valence-electron chi connectivity index (χ4n) is 3.71. The van der Waals surface area contributed by atoms with Crippen molar-refractivity contribution in [2.75, 3.05) is 12.8 Å². The van der Waals surface area contributed by atoms with E-state index in [4.69, 9.17) is 5.73 Å². The van der Waals surface area contributed by atoms with Crippen molar-refractivity contribution < 1.29 is 27.9 Å². The third kappa shape index (κ3) is 10.7. The van der Waals surface area contributed by atoms with Crippen molar-refractivity contribution in [3.8, 4) is 11.3 Å². The van der Waals surface area contributed by atoms with E-state index in [2.05, 4.69) is 30.9 Å². The molecule has 0 aliphatic carbocycles. The van der Waals surface area contributed by atoms with Gasteiger partial charge in [0.1, 0.15) is 17.8 Å². The van der Waals surface area contributed by atoms with Crippen LogP contribution in [0.4, 0.5) is 0 Å². The third-order valence-electron chi connectivity index (χ3n) is 5.91. The van der Waals surface area contributed by atoms with Crippen LogP contribution in [-0.2, 0) is 30.8 Å². The second kappa shape index (κ2) is 15.2. The molecule has 2 aromatic heterocycles. The standard InChI is InChI=1S/C24H38N8O6S/c1-16(2)21(22(34)28-18(23(35)36)9-6-7-11-25)29-20(33)10-5-4-8-12-32-15-19(30-31-32)17-13-26-24(27-14-17)39(3,37)38/h13-16,18,21H,4-12,25H2,1-3H3,(H,28,34)(H,29,33)(H,35,36)/t18-,21-/m0/s1. The van der Waals surface area contributed by atoms with Crippen molar-refractivity contribution in [3.05, 3.63) is 18.6 Å². The van der Waals surface area contributed by atoms with Crippen LogP contribution in [0.1, 0.15) is 58.8 Å². The van der Waals surface area contributed by atoms with Gasteiger partial charge in [0.15, 0.2) is 0 Å². The Labute approximate surface area is 228 Å². The Bertz CT molecular complexity index is 1200. The lowest BCUT2D eigenvalue weighted by atomic mass is 10.0. The Morgan fingerprint density at radius 1 is 1.05 bits per heavy atom. The zero-order valence-corrected chi connectivity index (χ0v) is 23.4. The number of carboxylic acid groups (broad SMARTS) is 1. The van der Waals surface area contributed by atoms with Gasteiger partial charge in [-0.15, -0.1) is 5.10 Å². The molecule has 5 N–H and O–H groups in total. The lowest BCUT2D eigenvalue weighted by Gasteiger charge is -2.24.